The van der Waals surface area contributed by atoms with Crippen molar-refractivity contribution in [2.75, 3.05) is 26.7 Å². The quantitative estimate of drug-likeness (QED) is 0.283. The smallest absolute Gasteiger partial charge is 0.232 e. The number of hydrogen-bond acceptors (Lipinski definition) is 5. The maximum absolute atomic E-state index is 5.30. The average Bonchev–Trinajstić information content (AvgIpc) is 3.05. The normalized spacial score (nSPS) is 19.1. The molecule has 1 aromatic heterocycles. The Morgan fingerprint density at radius 1 is 1.31 bits per heavy atom. The Hall–Kier alpha value is -0.900. The Labute approximate surface area is 174 Å². The van der Waals surface area contributed by atoms with E-state index in [0.717, 1.165) is 31.5 Å². The molecule has 1 saturated heterocycles. The fraction of sp³-hybridized carbons (Fsp3) is 0.833. The van der Waals surface area contributed by atoms with Crippen molar-refractivity contribution in [1.82, 2.24) is 25.7 Å². The van der Waals surface area contributed by atoms with Crippen LogP contribution in [0.3, 0.4) is 0 Å². The highest BCUT2D eigenvalue weighted by atomic mass is 127. The van der Waals surface area contributed by atoms with Crippen LogP contribution < -0.4 is 10.6 Å². The molecule has 0 amide bonds. The molecule has 0 radical (unpaired) electrons. The van der Waals surface area contributed by atoms with Gasteiger partial charge in [0.1, 0.15) is 0 Å². The van der Waals surface area contributed by atoms with Crippen LogP contribution in [0.1, 0.15) is 65.1 Å². The molecule has 1 aliphatic rings. The van der Waals surface area contributed by atoms with E-state index in [4.69, 9.17) is 4.52 Å². The zero-order valence-electron chi connectivity index (χ0n) is 16.8. The summed E-state index contributed by atoms with van der Waals surface area (Å²) in [5.41, 5.74) is -0.128. The molecule has 1 aliphatic heterocycles. The summed E-state index contributed by atoms with van der Waals surface area (Å²) in [5.74, 6) is 2.08. The van der Waals surface area contributed by atoms with Crippen LogP contribution in [0, 0.1) is 0 Å². The minimum Gasteiger partial charge on any atom is -0.356 e. The van der Waals surface area contributed by atoms with E-state index in [1.54, 1.807) is 7.05 Å². The van der Waals surface area contributed by atoms with E-state index in [1.165, 1.54) is 25.8 Å². The van der Waals surface area contributed by atoms with E-state index in [2.05, 4.69) is 58.4 Å². The monoisotopic (exact) mass is 478 g/mol. The maximum Gasteiger partial charge on any atom is 0.232 e. The minimum atomic E-state index is -0.128. The van der Waals surface area contributed by atoms with Gasteiger partial charge in [-0.15, -0.1) is 24.0 Å². The van der Waals surface area contributed by atoms with Gasteiger partial charge in [-0.05, 0) is 32.7 Å². The highest BCUT2D eigenvalue weighted by Crippen LogP contribution is 2.19. The molecule has 1 aromatic rings. The number of piperidine rings is 1. The van der Waals surface area contributed by atoms with Crippen molar-refractivity contribution in [3.8, 4) is 0 Å². The molecule has 0 aromatic carbocycles. The molecule has 0 aliphatic carbocycles. The lowest BCUT2D eigenvalue weighted by molar-refractivity contribution is 0.159. The van der Waals surface area contributed by atoms with Crippen LogP contribution in [0.5, 0.6) is 0 Å². The molecule has 0 spiro atoms. The molecule has 150 valence electrons. The molecule has 0 saturated carbocycles. The van der Waals surface area contributed by atoms with Gasteiger partial charge in [-0.25, -0.2) is 0 Å². The van der Waals surface area contributed by atoms with Gasteiger partial charge in [-0.2, -0.15) is 4.98 Å². The SMILES string of the molecule is CN=C(NCCCN1CCCCC1C)NCc1noc(C(C)(C)C)n1.I. The van der Waals surface area contributed by atoms with Crippen molar-refractivity contribution in [1.29, 1.82) is 0 Å². The fourth-order valence-corrected chi connectivity index (χ4v) is 2.99. The fourth-order valence-electron chi connectivity index (χ4n) is 2.99. The van der Waals surface area contributed by atoms with Crippen molar-refractivity contribution in [2.24, 2.45) is 4.99 Å². The zero-order valence-corrected chi connectivity index (χ0v) is 19.2. The summed E-state index contributed by atoms with van der Waals surface area (Å²) in [7, 11) is 1.78. The number of likely N-dealkylation sites (tertiary alicyclic amines) is 1. The number of halogens is 1. The summed E-state index contributed by atoms with van der Waals surface area (Å²) in [6, 6.07) is 0.724. The van der Waals surface area contributed by atoms with Crippen LogP contribution in [-0.2, 0) is 12.0 Å². The number of guanidine groups is 1. The summed E-state index contributed by atoms with van der Waals surface area (Å²) >= 11 is 0. The summed E-state index contributed by atoms with van der Waals surface area (Å²) in [5, 5.41) is 10.6. The first kappa shape index (κ1) is 23.1. The first-order valence-electron chi connectivity index (χ1n) is 9.42. The van der Waals surface area contributed by atoms with Gasteiger partial charge in [0, 0.05) is 31.6 Å². The number of nitrogens with one attached hydrogen (secondary N) is 2. The first-order chi connectivity index (χ1) is 11.9. The van der Waals surface area contributed by atoms with Crippen LogP contribution in [0.2, 0.25) is 0 Å². The minimum absolute atomic E-state index is 0. The third-order valence-electron chi connectivity index (χ3n) is 4.60. The molecule has 2 rings (SSSR count). The topological polar surface area (TPSA) is 78.6 Å². The largest absolute Gasteiger partial charge is 0.356 e. The van der Waals surface area contributed by atoms with E-state index < -0.39 is 0 Å². The lowest BCUT2D eigenvalue weighted by atomic mass is 9.97. The van der Waals surface area contributed by atoms with Crippen molar-refractivity contribution >= 4 is 29.9 Å². The molecular formula is C18H35IN6O. The van der Waals surface area contributed by atoms with Gasteiger partial charge in [0.15, 0.2) is 11.8 Å². The van der Waals surface area contributed by atoms with Crippen LogP contribution in [0.25, 0.3) is 0 Å². The van der Waals surface area contributed by atoms with Gasteiger partial charge in [0.25, 0.3) is 0 Å². The van der Waals surface area contributed by atoms with Gasteiger partial charge in [0.2, 0.25) is 5.89 Å². The molecule has 7 nitrogen and oxygen atoms in total. The van der Waals surface area contributed by atoms with Crippen LogP contribution in [0.15, 0.2) is 9.52 Å². The summed E-state index contributed by atoms with van der Waals surface area (Å²) in [4.78, 5) is 11.3. The van der Waals surface area contributed by atoms with Crippen molar-refractivity contribution in [2.45, 2.75) is 71.4 Å². The van der Waals surface area contributed by atoms with Crippen molar-refractivity contribution in [3.63, 3.8) is 0 Å². The Bertz CT molecular complexity index is 554. The van der Waals surface area contributed by atoms with E-state index in [-0.39, 0.29) is 29.4 Å². The molecule has 1 atom stereocenters. The van der Waals surface area contributed by atoms with Gasteiger partial charge in [0.05, 0.1) is 6.54 Å². The Balaban J connectivity index is 0.00000338. The molecular weight excluding hydrogens is 443 g/mol. The van der Waals surface area contributed by atoms with Crippen molar-refractivity contribution < 1.29 is 4.52 Å². The number of aliphatic imine (C=N–C) groups is 1. The molecule has 1 unspecified atom stereocenters. The average molecular weight is 478 g/mol. The van der Waals surface area contributed by atoms with E-state index >= 15 is 0 Å². The van der Waals surface area contributed by atoms with E-state index in [9.17, 15) is 0 Å². The lowest BCUT2D eigenvalue weighted by Crippen LogP contribution is -2.41. The zero-order chi connectivity index (χ0) is 18.3. The highest BCUT2D eigenvalue weighted by molar-refractivity contribution is 14.0. The Kier molecular flexibility index (Phi) is 9.84. The first-order valence-corrected chi connectivity index (χ1v) is 9.42. The molecule has 2 heterocycles. The van der Waals surface area contributed by atoms with Crippen LogP contribution in [0.4, 0.5) is 0 Å². The second-order valence-corrected chi connectivity index (χ2v) is 7.85. The standard InChI is InChI=1S/C18H34N6O.HI/c1-14-9-6-7-11-24(14)12-8-10-20-17(19-5)21-13-15-22-16(25-23-15)18(2,3)4;/h14H,6-13H2,1-5H3,(H2,19,20,21);1H. The van der Waals surface area contributed by atoms with Crippen LogP contribution >= 0.6 is 24.0 Å². The molecule has 0 bridgehead atoms. The Morgan fingerprint density at radius 3 is 2.69 bits per heavy atom. The molecule has 26 heavy (non-hydrogen) atoms. The van der Waals surface area contributed by atoms with E-state index in [0.29, 0.717) is 18.3 Å². The van der Waals surface area contributed by atoms with E-state index in [1.807, 2.05) is 0 Å². The predicted octanol–water partition coefficient (Wildman–Crippen LogP) is 2.91. The highest BCUT2D eigenvalue weighted by Gasteiger charge is 2.21. The Morgan fingerprint density at radius 2 is 2.08 bits per heavy atom. The number of rotatable bonds is 6. The van der Waals surface area contributed by atoms with Gasteiger partial charge < -0.3 is 20.1 Å². The number of hydrogen-bond donors (Lipinski definition) is 2. The maximum atomic E-state index is 5.30. The third-order valence-corrected chi connectivity index (χ3v) is 4.60. The molecule has 2 N–H and O–H groups in total. The second kappa shape index (κ2) is 11.1. The number of nitrogens with zero attached hydrogens (tertiary/aromatic N) is 4. The third kappa shape index (κ3) is 7.38. The van der Waals surface area contributed by atoms with Gasteiger partial charge in [-0.3, -0.25) is 4.99 Å². The summed E-state index contributed by atoms with van der Waals surface area (Å²) < 4.78 is 5.30. The second-order valence-electron chi connectivity index (χ2n) is 7.85. The number of aromatic nitrogens is 2. The van der Waals surface area contributed by atoms with Crippen molar-refractivity contribution in [3.05, 3.63) is 11.7 Å². The molecule has 1 fully saturated rings. The van der Waals surface area contributed by atoms with Gasteiger partial charge >= 0.3 is 0 Å². The van der Waals surface area contributed by atoms with Gasteiger partial charge in [-0.1, -0.05) is 32.3 Å². The summed E-state index contributed by atoms with van der Waals surface area (Å²) in [6.45, 7) is 12.3. The lowest BCUT2D eigenvalue weighted by Gasteiger charge is -2.33. The van der Waals surface area contributed by atoms with Crippen LogP contribution in [-0.4, -0.2) is 53.7 Å². The summed E-state index contributed by atoms with van der Waals surface area (Å²) in [6.07, 6.45) is 5.15. The molecule has 8 heteroatoms. The predicted molar refractivity (Wildman–Crippen MR) is 116 cm³/mol.